The molecule has 0 aliphatic carbocycles. The molecular formula is C9H16N2O4. The second-order valence-electron chi connectivity index (χ2n) is 3.68. The maximum absolute atomic E-state index is 11.6. The number of aliphatic hydroxyl groups excluding tert-OH is 1. The fraction of sp³-hybridized carbons (Fsp3) is 0.778. The number of aliphatic hydroxyl groups is 1. The first-order valence-electron chi connectivity index (χ1n) is 4.96. The van der Waals surface area contributed by atoms with Crippen molar-refractivity contribution in [1.29, 1.82) is 0 Å². The number of β-amino-alcohol motifs (C(OH)–C–C–N with tert-alkyl or cyclic N) is 1. The van der Waals surface area contributed by atoms with Gasteiger partial charge in [-0.15, -0.1) is 0 Å². The van der Waals surface area contributed by atoms with Crippen molar-refractivity contribution in [2.45, 2.75) is 31.4 Å². The summed E-state index contributed by atoms with van der Waals surface area (Å²) < 4.78 is 0. The number of amides is 1. The summed E-state index contributed by atoms with van der Waals surface area (Å²) in [7, 11) is 0. The zero-order valence-corrected chi connectivity index (χ0v) is 8.43. The van der Waals surface area contributed by atoms with Gasteiger partial charge in [-0.3, -0.25) is 4.79 Å². The number of nitrogens with zero attached hydrogens (tertiary/aromatic N) is 1. The third kappa shape index (κ3) is 2.90. The van der Waals surface area contributed by atoms with E-state index in [1.807, 2.05) is 0 Å². The molecular weight excluding hydrogens is 200 g/mol. The Hall–Kier alpha value is -1.14. The molecule has 1 aliphatic rings. The second-order valence-corrected chi connectivity index (χ2v) is 3.68. The summed E-state index contributed by atoms with van der Waals surface area (Å²) in [5.74, 6) is -1.31. The molecule has 2 atom stereocenters. The molecule has 6 nitrogen and oxygen atoms in total. The summed E-state index contributed by atoms with van der Waals surface area (Å²) in [5.41, 5.74) is 5.26. The Morgan fingerprint density at radius 1 is 1.47 bits per heavy atom. The Labute approximate surface area is 87.7 Å². The first kappa shape index (κ1) is 11.9. The molecule has 1 heterocycles. The van der Waals surface area contributed by atoms with Crippen LogP contribution in [0.25, 0.3) is 0 Å². The van der Waals surface area contributed by atoms with Crippen LogP contribution in [0.1, 0.15) is 19.3 Å². The summed E-state index contributed by atoms with van der Waals surface area (Å²) in [6.07, 6.45) is 0.169. The molecule has 0 unspecified atom stereocenters. The average Bonchev–Trinajstić information content (AvgIpc) is 2.57. The molecule has 0 aromatic carbocycles. The predicted octanol–water partition coefficient (Wildman–Crippen LogP) is -1.23. The molecule has 0 saturated carbocycles. The van der Waals surface area contributed by atoms with E-state index in [2.05, 4.69) is 0 Å². The first-order valence-corrected chi connectivity index (χ1v) is 4.96. The van der Waals surface area contributed by atoms with E-state index in [0.717, 1.165) is 0 Å². The van der Waals surface area contributed by atoms with Crippen LogP contribution >= 0.6 is 0 Å². The Bertz CT molecular complexity index is 256. The van der Waals surface area contributed by atoms with E-state index >= 15 is 0 Å². The molecule has 0 bridgehead atoms. The number of carboxylic acids is 1. The third-order valence-corrected chi connectivity index (χ3v) is 2.48. The van der Waals surface area contributed by atoms with Crippen LogP contribution < -0.4 is 5.73 Å². The highest BCUT2D eigenvalue weighted by atomic mass is 16.4. The lowest BCUT2D eigenvalue weighted by Crippen LogP contribution is -2.40. The molecule has 0 aromatic rings. The lowest BCUT2D eigenvalue weighted by atomic mass is 10.2. The van der Waals surface area contributed by atoms with Crippen molar-refractivity contribution in [2.24, 2.45) is 5.73 Å². The molecule has 1 aliphatic heterocycles. The summed E-state index contributed by atoms with van der Waals surface area (Å²) in [5, 5.41) is 18.2. The summed E-state index contributed by atoms with van der Waals surface area (Å²) >= 11 is 0. The fourth-order valence-corrected chi connectivity index (χ4v) is 1.72. The van der Waals surface area contributed by atoms with Crippen molar-refractivity contribution in [3.8, 4) is 0 Å². The zero-order chi connectivity index (χ0) is 11.4. The van der Waals surface area contributed by atoms with Gasteiger partial charge in [0.25, 0.3) is 0 Å². The predicted molar refractivity (Wildman–Crippen MR) is 52.0 cm³/mol. The SMILES string of the molecule is NCCCC(=O)N1C[C@H](O)C[C@@H]1C(=O)O. The molecule has 1 rings (SSSR count). The van der Waals surface area contributed by atoms with E-state index in [1.54, 1.807) is 0 Å². The third-order valence-electron chi connectivity index (χ3n) is 2.48. The van der Waals surface area contributed by atoms with Gasteiger partial charge in [0.05, 0.1) is 6.10 Å². The van der Waals surface area contributed by atoms with Crippen molar-refractivity contribution in [3.63, 3.8) is 0 Å². The highest BCUT2D eigenvalue weighted by Gasteiger charge is 2.38. The normalized spacial score (nSPS) is 25.6. The highest BCUT2D eigenvalue weighted by Crippen LogP contribution is 2.19. The number of likely N-dealkylation sites (tertiary alicyclic amines) is 1. The number of carbonyl (C=O) groups is 2. The Morgan fingerprint density at radius 3 is 2.67 bits per heavy atom. The van der Waals surface area contributed by atoms with Gasteiger partial charge >= 0.3 is 5.97 Å². The molecule has 1 amide bonds. The smallest absolute Gasteiger partial charge is 0.326 e. The van der Waals surface area contributed by atoms with Gasteiger partial charge in [-0.25, -0.2) is 4.79 Å². The standard InChI is InChI=1S/C9H16N2O4/c10-3-1-2-8(13)11-5-6(12)4-7(11)9(14)15/h6-7,12H,1-5,10H2,(H,14,15)/t6-,7-/m1/s1. The van der Waals surface area contributed by atoms with Crippen LogP contribution in [0.15, 0.2) is 0 Å². The van der Waals surface area contributed by atoms with Gasteiger partial charge in [-0.1, -0.05) is 0 Å². The van der Waals surface area contributed by atoms with Crippen molar-refractivity contribution < 1.29 is 19.8 Å². The van der Waals surface area contributed by atoms with Gasteiger partial charge in [0, 0.05) is 19.4 Å². The van der Waals surface area contributed by atoms with E-state index in [4.69, 9.17) is 10.8 Å². The Balaban J connectivity index is 2.58. The van der Waals surface area contributed by atoms with Gasteiger partial charge < -0.3 is 20.8 Å². The van der Waals surface area contributed by atoms with Crippen LogP contribution in [-0.2, 0) is 9.59 Å². The monoisotopic (exact) mass is 216 g/mol. The average molecular weight is 216 g/mol. The number of hydrogen-bond acceptors (Lipinski definition) is 4. The van der Waals surface area contributed by atoms with Crippen molar-refractivity contribution in [3.05, 3.63) is 0 Å². The molecule has 1 saturated heterocycles. The zero-order valence-electron chi connectivity index (χ0n) is 8.43. The minimum atomic E-state index is -1.06. The largest absolute Gasteiger partial charge is 0.480 e. The molecule has 0 radical (unpaired) electrons. The number of aliphatic carboxylic acids is 1. The summed E-state index contributed by atoms with van der Waals surface area (Å²) in [4.78, 5) is 23.6. The van der Waals surface area contributed by atoms with Gasteiger partial charge in [0.1, 0.15) is 6.04 Å². The van der Waals surface area contributed by atoms with Gasteiger partial charge in [0.15, 0.2) is 0 Å². The summed E-state index contributed by atoms with van der Waals surface area (Å²) in [6, 6.07) is -0.884. The Morgan fingerprint density at radius 2 is 2.13 bits per heavy atom. The van der Waals surface area contributed by atoms with Crippen LogP contribution in [0, 0.1) is 0 Å². The van der Waals surface area contributed by atoms with Crippen molar-refractivity contribution in [1.82, 2.24) is 4.90 Å². The maximum atomic E-state index is 11.6. The van der Waals surface area contributed by atoms with E-state index in [1.165, 1.54) is 4.90 Å². The lowest BCUT2D eigenvalue weighted by Gasteiger charge is -2.20. The second kappa shape index (κ2) is 5.09. The maximum Gasteiger partial charge on any atom is 0.326 e. The number of hydrogen-bond donors (Lipinski definition) is 3. The van der Waals surface area contributed by atoms with Crippen LogP contribution in [0.4, 0.5) is 0 Å². The molecule has 1 fully saturated rings. The van der Waals surface area contributed by atoms with Crippen LogP contribution in [0.3, 0.4) is 0 Å². The topological polar surface area (TPSA) is 104 Å². The molecule has 4 N–H and O–H groups in total. The Kier molecular flexibility index (Phi) is 4.05. The minimum absolute atomic E-state index is 0.111. The number of carboxylic acid groups (broad SMARTS) is 1. The van der Waals surface area contributed by atoms with Crippen molar-refractivity contribution in [2.75, 3.05) is 13.1 Å². The molecule has 86 valence electrons. The summed E-state index contributed by atoms with van der Waals surface area (Å²) in [6.45, 7) is 0.514. The van der Waals surface area contributed by atoms with Gasteiger partial charge in [-0.05, 0) is 13.0 Å². The molecule has 15 heavy (non-hydrogen) atoms. The van der Waals surface area contributed by atoms with Crippen LogP contribution in [-0.4, -0.2) is 52.2 Å². The minimum Gasteiger partial charge on any atom is -0.480 e. The van der Waals surface area contributed by atoms with Gasteiger partial charge in [0.2, 0.25) is 5.91 Å². The number of nitrogens with two attached hydrogens (primary N) is 1. The van der Waals surface area contributed by atoms with E-state index < -0.39 is 18.1 Å². The molecule has 0 spiro atoms. The van der Waals surface area contributed by atoms with E-state index in [9.17, 15) is 14.7 Å². The number of rotatable bonds is 4. The fourth-order valence-electron chi connectivity index (χ4n) is 1.72. The highest BCUT2D eigenvalue weighted by molar-refractivity contribution is 5.84. The van der Waals surface area contributed by atoms with Crippen molar-refractivity contribution >= 4 is 11.9 Å². The first-order chi connectivity index (χ1) is 7.06. The van der Waals surface area contributed by atoms with Crippen LogP contribution in [0.5, 0.6) is 0 Å². The number of carbonyl (C=O) groups excluding carboxylic acids is 1. The molecule has 0 aromatic heterocycles. The van der Waals surface area contributed by atoms with E-state index in [-0.39, 0.29) is 25.3 Å². The lowest BCUT2D eigenvalue weighted by molar-refractivity contribution is -0.148. The molecule has 6 heteroatoms. The van der Waals surface area contributed by atoms with E-state index in [0.29, 0.717) is 13.0 Å². The van der Waals surface area contributed by atoms with Crippen LogP contribution in [0.2, 0.25) is 0 Å². The quantitative estimate of drug-likeness (QED) is 0.546. The van der Waals surface area contributed by atoms with Gasteiger partial charge in [-0.2, -0.15) is 0 Å².